The van der Waals surface area contributed by atoms with Crippen molar-refractivity contribution in [3.8, 4) is 5.75 Å². The molecule has 0 aliphatic carbocycles. The first-order valence-electron chi connectivity index (χ1n) is 5.75. The number of carbonyl (C=O) groups is 1. The van der Waals surface area contributed by atoms with Gasteiger partial charge in [0.25, 0.3) is 0 Å². The van der Waals surface area contributed by atoms with Crippen LogP contribution in [0.25, 0.3) is 0 Å². The molecule has 0 amide bonds. The lowest BCUT2D eigenvalue weighted by Crippen LogP contribution is -2.00. The van der Waals surface area contributed by atoms with Gasteiger partial charge in [-0.1, -0.05) is 41.9 Å². The lowest BCUT2D eigenvalue weighted by molar-refractivity contribution is 0.101. The molecule has 0 spiro atoms. The van der Waals surface area contributed by atoms with Crippen LogP contribution in [-0.2, 0) is 6.61 Å². The molecule has 0 aliphatic heterocycles. The maximum absolute atomic E-state index is 11.4. The molecule has 0 unspecified atom stereocenters. The van der Waals surface area contributed by atoms with Gasteiger partial charge in [0.15, 0.2) is 5.78 Å². The number of rotatable bonds is 4. The van der Waals surface area contributed by atoms with Crippen LogP contribution in [0.3, 0.4) is 0 Å². The third-order valence-electron chi connectivity index (χ3n) is 2.66. The normalized spacial score (nSPS) is 10.3. The fourth-order valence-electron chi connectivity index (χ4n) is 1.65. The van der Waals surface area contributed by atoms with Crippen molar-refractivity contribution < 1.29 is 9.53 Å². The van der Waals surface area contributed by atoms with E-state index in [-0.39, 0.29) is 5.78 Å². The molecule has 0 atom stereocenters. The minimum Gasteiger partial charge on any atom is -0.488 e. The van der Waals surface area contributed by atoms with Gasteiger partial charge in [0.1, 0.15) is 12.4 Å². The highest BCUT2D eigenvalue weighted by Gasteiger charge is 2.13. The minimum absolute atomic E-state index is 0.0440. The van der Waals surface area contributed by atoms with Crippen LogP contribution in [0.15, 0.2) is 42.5 Å². The molecule has 0 saturated heterocycles. The Hall–Kier alpha value is -1.07. The quantitative estimate of drug-likeness (QED) is 0.561. The first-order chi connectivity index (χ1) is 9.09. The SMILES string of the molecule is CC(=O)c1ccc(OCc2ccccc2)c(I)c1Cl. The number of Topliss-reactive ketones (excluding diaryl/α,β-unsaturated/α-hetero) is 1. The minimum atomic E-state index is -0.0440. The van der Waals surface area contributed by atoms with Crippen molar-refractivity contribution in [3.05, 3.63) is 62.2 Å². The second-order valence-electron chi connectivity index (χ2n) is 4.07. The van der Waals surface area contributed by atoms with Crippen LogP contribution in [0, 0.1) is 3.57 Å². The maximum Gasteiger partial charge on any atom is 0.161 e. The van der Waals surface area contributed by atoms with E-state index in [1.54, 1.807) is 12.1 Å². The summed E-state index contributed by atoms with van der Waals surface area (Å²) in [5, 5.41) is 0.457. The highest BCUT2D eigenvalue weighted by molar-refractivity contribution is 14.1. The molecule has 0 N–H and O–H groups in total. The van der Waals surface area contributed by atoms with Crippen molar-refractivity contribution >= 4 is 40.0 Å². The number of carbonyl (C=O) groups excluding carboxylic acids is 1. The Labute approximate surface area is 130 Å². The van der Waals surface area contributed by atoms with Crippen molar-refractivity contribution in [2.75, 3.05) is 0 Å². The zero-order valence-corrected chi connectivity index (χ0v) is 13.2. The Morgan fingerprint density at radius 2 is 1.89 bits per heavy atom. The molecule has 19 heavy (non-hydrogen) atoms. The van der Waals surface area contributed by atoms with E-state index in [9.17, 15) is 4.79 Å². The Morgan fingerprint density at radius 1 is 1.21 bits per heavy atom. The molecule has 2 rings (SSSR count). The van der Waals surface area contributed by atoms with Crippen molar-refractivity contribution in [1.29, 1.82) is 0 Å². The standard InChI is InChI=1S/C15H12ClIO2/c1-10(18)12-7-8-13(15(17)14(12)16)19-9-11-5-3-2-4-6-11/h2-8H,9H2,1H3. The lowest BCUT2D eigenvalue weighted by Gasteiger charge is -2.11. The van der Waals surface area contributed by atoms with Gasteiger partial charge in [-0.25, -0.2) is 0 Å². The van der Waals surface area contributed by atoms with E-state index in [0.29, 0.717) is 22.9 Å². The molecule has 0 saturated carbocycles. The van der Waals surface area contributed by atoms with E-state index in [2.05, 4.69) is 22.6 Å². The number of halogens is 2. The van der Waals surface area contributed by atoms with Crippen LogP contribution in [0.4, 0.5) is 0 Å². The van der Waals surface area contributed by atoms with Gasteiger partial charge in [-0.2, -0.15) is 0 Å². The zero-order chi connectivity index (χ0) is 13.8. The van der Waals surface area contributed by atoms with Crippen LogP contribution < -0.4 is 4.74 Å². The monoisotopic (exact) mass is 386 g/mol. The predicted molar refractivity (Wildman–Crippen MR) is 84.9 cm³/mol. The molecule has 0 aromatic heterocycles. The van der Waals surface area contributed by atoms with Gasteiger partial charge in [-0.05, 0) is 47.2 Å². The Bertz CT molecular complexity index is 597. The van der Waals surface area contributed by atoms with Crippen LogP contribution in [0.2, 0.25) is 5.02 Å². The summed E-state index contributed by atoms with van der Waals surface area (Å²) in [7, 11) is 0. The Kier molecular flexibility index (Phi) is 4.82. The van der Waals surface area contributed by atoms with E-state index in [4.69, 9.17) is 16.3 Å². The molecule has 4 heteroatoms. The maximum atomic E-state index is 11.4. The smallest absolute Gasteiger partial charge is 0.161 e. The van der Waals surface area contributed by atoms with Crippen molar-refractivity contribution in [1.82, 2.24) is 0 Å². The van der Waals surface area contributed by atoms with E-state index in [1.165, 1.54) is 6.92 Å². The molecule has 2 aromatic rings. The van der Waals surface area contributed by atoms with E-state index >= 15 is 0 Å². The van der Waals surface area contributed by atoms with Gasteiger partial charge < -0.3 is 4.74 Å². The fourth-order valence-corrected chi connectivity index (χ4v) is 2.57. The summed E-state index contributed by atoms with van der Waals surface area (Å²) >= 11 is 8.26. The average molecular weight is 387 g/mol. The average Bonchev–Trinajstić information content (AvgIpc) is 2.41. The molecule has 2 nitrogen and oxygen atoms in total. The fraction of sp³-hybridized carbons (Fsp3) is 0.133. The van der Waals surface area contributed by atoms with Gasteiger partial charge in [-0.3, -0.25) is 4.79 Å². The largest absolute Gasteiger partial charge is 0.488 e. The number of benzene rings is 2. The Morgan fingerprint density at radius 3 is 2.53 bits per heavy atom. The second kappa shape index (κ2) is 6.39. The van der Waals surface area contributed by atoms with Gasteiger partial charge in [0.2, 0.25) is 0 Å². The third-order valence-corrected chi connectivity index (χ3v) is 4.45. The van der Waals surface area contributed by atoms with Gasteiger partial charge >= 0.3 is 0 Å². The molecule has 0 fully saturated rings. The van der Waals surface area contributed by atoms with Crippen LogP contribution in [0.1, 0.15) is 22.8 Å². The van der Waals surface area contributed by atoms with E-state index < -0.39 is 0 Å². The Balaban J connectivity index is 2.18. The summed E-state index contributed by atoms with van der Waals surface area (Å²) < 4.78 is 6.50. The van der Waals surface area contributed by atoms with Crippen LogP contribution in [0.5, 0.6) is 5.75 Å². The topological polar surface area (TPSA) is 26.3 Å². The first kappa shape index (κ1) is 14.3. The third kappa shape index (κ3) is 3.48. The molecule has 2 aromatic carbocycles. The first-order valence-corrected chi connectivity index (χ1v) is 7.21. The van der Waals surface area contributed by atoms with E-state index in [1.807, 2.05) is 30.3 Å². The van der Waals surface area contributed by atoms with Gasteiger partial charge in [0, 0.05) is 5.56 Å². The van der Waals surface area contributed by atoms with Crippen molar-refractivity contribution in [3.63, 3.8) is 0 Å². The lowest BCUT2D eigenvalue weighted by atomic mass is 10.1. The summed E-state index contributed by atoms with van der Waals surface area (Å²) in [4.78, 5) is 11.4. The van der Waals surface area contributed by atoms with Crippen LogP contribution in [-0.4, -0.2) is 5.78 Å². The number of hydrogen-bond donors (Lipinski definition) is 0. The van der Waals surface area contributed by atoms with Crippen molar-refractivity contribution in [2.24, 2.45) is 0 Å². The molecule has 98 valence electrons. The summed E-state index contributed by atoms with van der Waals surface area (Å²) in [5.41, 5.74) is 1.61. The predicted octanol–water partition coefficient (Wildman–Crippen LogP) is 4.73. The summed E-state index contributed by atoms with van der Waals surface area (Å²) in [6.45, 7) is 1.98. The number of ether oxygens (including phenoxy) is 1. The molecule has 0 aliphatic rings. The molecule has 0 heterocycles. The van der Waals surface area contributed by atoms with Gasteiger partial charge in [0.05, 0.1) is 8.59 Å². The molecular weight excluding hydrogens is 375 g/mol. The summed E-state index contributed by atoms with van der Waals surface area (Å²) in [5.74, 6) is 0.650. The zero-order valence-electron chi connectivity index (χ0n) is 10.3. The highest BCUT2D eigenvalue weighted by atomic mass is 127. The highest BCUT2D eigenvalue weighted by Crippen LogP contribution is 2.32. The summed E-state index contributed by atoms with van der Waals surface area (Å²) in [6.07, 6.45) is 0. The van der Waals surface area contributed by atoms with Crippen LogP contribution >= 0.6 is 34.2 Å². The van der Waals surface area contributed by atoms with Gasteiger partial charge in [-0.15, -0.1) is 0 Å². The second-order valence-corrected chi connectivity index (χ2v) is 5.53. The number of ketones is 1. The molecule has 0 radical (unpaired) electrons. The number of hydrogen-bond acceptors (Lipinski definition) is 2. The molecular formula is C15H12ClIO2. The van der Waals surface area contributed by atoms with E-state index in [0.717, 1.165) is 9.13 Å². The van der Waals surface area contributed by atoms with Crippen molar-refractivity contribution in [2.45, 2.75) is 13.5 Å². The molecule has 0 bridgehead atoms. The summed E-state index contributed by atoms with van der Waals surface area (Å²) in [6, 6.07) is 13.4.